The summed E-state index contributed by atoms with van der Waals surface area (Å²) in [6.07, 6.45) is 7.32. The van der Waals surface area contributed by atoms with Gasteiger partial charge < -0.3 is 9.64 Å². The third-order valence-corrected chi connectivity index (χ3v) is 4.30. The van der Waals surface area contributed by atoms with Crippen LogP contribution < -0.4 is 4.90 Å². The zero-order chi connectivity index (χ0) is 12.4. The van der Waals surface area contributed by atoms with Gasteiger partial charge in [-0.2, -0.15) is 0 Å². The molecule has 98 valence electrons. The van der Waals surface area contributed by atoms with Crippen LogP contribution in [0, 0.1) is 0 Å². The summed E-state index contributed by atoms with van der Waals surface area (Å²) in [4.78, 5) is 6.97. The summed E-state index contributed by atoms with van der Waals surface area (Å²) in [5, 5.41) is 0. The van der Waals surface area contributed by atoms with Gasteiger partial charge in [-0.1, -0.05) is 18.9 Å². The molecule has 1 aromatic heterocycles. The maximum Gasteiger partial charge on any atom is 0.128 e. The second-order valence-electron chi connectivity index (χ2n) is 5.11. The second kappa shape index (κ2) is 5.45. The van der Waals surface area contributed by atoms with Gasteiger partial charge in [0.05, 0.1) is 18.8 Å². The minimum atomic E-state index is 0.405. The van der Waals surface area contributed by atoms with Gasteiger partial charge in [-0.15, -0.1) is 11.6 Å². The summed E-state index contributed by atoms with van der Waals surface area (Å²) in [5.74, 6) is 1.60. The summed E-state index contributed by atoms with van der Waals surface area (Å²) in [6.45, 7) is 1.77. The first-order chi connectivity index (χ1) is 8.88. The van der Waals surface area contributed by atoms with Crippen LogP contribution in [-0.2, 0) is 10.6 Å². The van der Waals surface area contributed by atoms with Crippen molar-refractivity contribution in [2.75, 3.05) is 18.1 Å². The lowest BCUT2D eigenvalue weighted by molar-refractivity contribution is -0.00898. The maximum atomic E-state index is 5.89. The Morgan fingerprint density at radius 2 is 2.22 bits per heavy atom. The molecule has 1 aromatic rings. The summed E-state index contributed by atoms with van der Waals surface area (Å²) < 4.78 is 5.89. The van der Waals surface area contributed by atoms with E-state index in [4.69, 9.17) is 16.3 Å². The molecule has 2 aliphatic rings. The third-order valence-electron chi connectivity index (χ3n) is 3.99. The lowest BCUT2D eigenvalue weighted by atomic mass is 9.90. The Balaban J connectivity index is 1.80. The smallest absolute Gasteiger partial charge is 0.128 e. The van der Waals surface area contributed by atoms with Crippen LogP contribution in [0.2, 0.25) is 0 Å². The van der Waals surface area contributed by atoms with E-state index in [-0.39, 0.29) is 0 Å². The van der Waals surface area contributed by atoms with E-state index in [0.29, 0.717) is 18.0 Å². The normalized spacial score (nSPS) is 27.9. The van der Waals surface area contributed by atoms with Gasteiger partial charge in [0.1, 0.15) is 5.82 Å². The van der Waals surface area contributed by atoms with Crippen molar-refractivity contribution in [3.63, 3.8) is 0 Å². The molecule has 0 radical (unpaired) electrons. The van der Waals surface area contributed by atoms with Crippen molar-refractivity contribution in [2.24, 2.45) is 0 Å². The molecule has 2 atom stereocenters. The fraction of sp³-hybridized carbons (Fsp3) is 0.643. The molecule has 1 aliphatic carbocycles. The molecule has 4 heteroatoms. The second-order valence-corrected chi connectivity index (χ2v) is 5.38. The number of fused-ring (bicyclic) bond motifs is 1. The SMILES string of the molecule is ClCc1ccc(N2CCOC3CCCCC32)nc1. The van der Waals surface area contributed by atoms with Gasteiger partial charge in [-0.3, -0.25) is 0 Å². The van der Waals surface area contributed by atoms with E-state index in [1.54, 1.807) is 0 Å². The molecule has 18 heavy (non-hydrogen) atoms. The topological polar surface area (TPSA) is 25.4 Å². The van der Waals surface area contributed by atoms with Crippen molar-refractivity contribution in [1.29, 1.82) is 0 Å². The zero-order valence-electron chi connectivity index (χ0n) is 10.5. The Morgan fingerprint density at radius 1 is 1.33 bits per heavy atom. The molecule has 2 fully saturated rings. The fourth-order valence-corrected chi connectivity index (χ4v) is 3.20. The quantitative estimate of drug-likeness (QED) is 0.770. The number of aromatic nitrogens is 1. The van der Waals surface area contributed by atoms with Crippen molar-refractivity contribution in [3.8, 4) is 0 Å². The number of hydrogen-bond acceptors (Lipinski definition) is 3. The number of ether oxygens (including phenoxy) is 1. The molecule has 1 saturated heterocycles. The largest absolute Gasteiger partial charge is 0.374 e. The van der Waals surface area contributed by atoms with Gasteiger partial charge in [0, 0.05) is 18.6 Å². The van der Waals surface area contributed by atoms with Gasteiger partial charge in [0.15, 0.2) is 0 Å². The summed E-state index contributed by atoms with van der Waals surface area (Å²) in [5.41, 5.74) is 1.08. The molecule has 1 aliphatic heterocycles. The molecule has 2 heterocycles. The molecule has 1 saturated carbocycles. The zero-order valence-corrected chi connectivity index (χ0v) is 11.3. The molecule has 0 spiro atoms. The first-order valence-corrected chi connectivity index (χ1v) is 7.31. The number of anilines is 1. The lowest BCUT2D eigenvalue weighted by Gasteiger charge is -2.44. The Morgan fingerprint density at radius 3 is 3.00 bits per heavy atom. The van der Waals surface area contributed by atoms with Crippen LogP contribution in [0.3, 0.4) is 0 Å². The van der Waals surface area contributed by atoms with Crippen LogP contribution in [0.15, 0.2) is 18.3 Å². The Hall–Kier alpha value is -0.800. The molecular weight excluding hydrogens is 248 g/mol. The molecule has 0 N–H and O–H groups in total. The first-order valence-electron chi connectivity index (χ1n) is 6.77. The number of alkyl halides is 1. The van der Waals surface area contributed by atoms with E-state index >= 15 is 0 Å². The van der Waals surface area contributed by atoms with E-state index < -0.39 is 0 Å². The standard InChI is InChI=1S/C14H19ClN2O/c15-9-11-5-6-14(16-10-11)17-7-8-18-13-4-2-1-3-12(13)17/h5-6,10,12-13H,1-4,7-9H2. The average Bonchev–Trinajstić information content (AvgIpc) is 2.47. The van der Waals surface area contributed by atoms with Crippen molar-refractivity contribution >= 4 is 17.4 Å². The Bertz CT molecular complexity index is 393. The highest BCUT2D eigenvalue weighted by Gasteiger charge is 2.34. The van der Waals surface area contributed by atoms with E-state index in [9.17, 15) is 0 Å². The molecular formula is C14H19ClN2O. The number of halogens is 1. The molecule has 3 nitrogen and oxygen atoms in total. The number of pyridine rings is 1. The fourth-order valence-electron chi connectivity index (χ4n) is 3.05. The minimum absolute atomic E-state index is 0.405. The van der Waals surface area contributed by atoms with Crippen LogP contribution in [0.1, 0.15) is 31.2 Å². The van der Waals surface area contributed by atoms with E-state index in [0.717, 1.165) is 24.5 Å². The van der Waals surface area contributed by atoms with Crippen LogP contribution in [-0.4, -0.2) is 30.3 Å². The molecule has 3 rings (SSSR count). The van der Waals surface area contributed by atoms with Gasteiger partial charge >= 0.3 is 0 Å². The van der Waals surface area contributed by atoms with E-state index in [2.05, 4.69) is 22.0 Å². The summed E-state index contributed by atoms with van der Waals surface area (Å²) >= 11 is 5.80. The van der Waals surface area contributed by atoms with Crippen LogP contribution in [0.25, 0.3) is 0 Å². The number of rotatable bonds is 2. The van der Waals surface area contributed by atoms with E-state index in [1.165, 1.54) is 25.7 Å². The summed E-state index contributed by atoms with van der Waals surface area (Å²) in [6, 6.07) is 4.68. The first kappa shape index (κ1) is 12.2. The minimum Gasteiger partial charge on any atom is -0.374 e. The van der Waals surface area contributed by atoms with Crippen molar-refractivity contribution in [1.82, 2.24) is 4.98 Å². The number of morpholine rings is 1. The van der Waals surface area contributed by atoms with Crippen molar-refractivity contribution < 1.29 is 4.74 Å². The van der Waals surface area contributed by atoms with Gasteiger partial charge in [-0.25, -0.2) is 4.98 Å². The van der Waals surface area contributed by atoms with E-state index in [1.807, 2.05) is 6.20 Å². The maximum absolute atomic E-state index is 5.89. The van der Waals surface area contributed by atoms with Crippen LogP contribution in [0.5, 0.6) is 0 Å². The molecule has 0 amide bonds. The highest BCUT2D eigenvalue weighted by molar-refractivity contribution is 6.17. The predicted octanol–water partition coefficient (Wildman–Crippen LogP) is 2.97. The van der Waals surface area contributed by atoms with Crippen LogP contribution >= 0.6 is 11.6 Å². The lowest BCUT2D eigenvalue weighted by Crippen LogP contribution is -2.53. The predicted molar refractivity (Wildman–Crippen MR) is 73.1 cm³/mol. The molecule has 2 unspecified atom stereocenters. The van der Waals surface area contributed by atoms with Gasteiger partial charge in [-0.05, 0) is 24.5 Å². The Labute approximate surface area is 113 Å². The Kier molecular flexibility index (Phi) is 3.71. The highest BCUT2D eigenvalue weighted by Crippen LogP contribution is 2.31. The average molecular weight is 267 g/mol. The van der Waals surface area contributed by atoms with Crippen molar-refractivity contribution in [2.45, 2.75) is 43.7 Å². The summed E-state index contributed by atoms with van der Waals surface area (Å²) in [7, 11) is 0. The number of hydrogen-bond donors (Lipinski definition) is 0. The van der Waals surface area contributed by atoms with Crippen molar-refractivity contribution in [3.05, 3.63) is 23.9 Å². The van der Waals surface area contributed by atoms with Gasteiger partial charge in [0.2, 0.25) is 0 Å². The number of nitrogens with zero attached hydrogens (tertiary/aromatic N) is 2. The highest BCUT2D eigenvalue weighted by atomic mass is 35.5. The van der Waals surface area contributed by atoms with Gasteiger partial charge in [0.25, 0.3) is 0 Å². The molecule has 0 aromatic carbocycles. The third kappa shape index (κ3) is 2.34. The monoisotopic (exact) mass is 266 g/mol. The molecule has 0 bridgehead atoms. The van der Waals surface area contributed by atoms with Crippen LogP contribution in [0.4, 0.5) is 5.82 Å².